The van der Waals surface area contributed by atoms with Crippen LogP contribution < -0.4 is 0 Å². The summed E-state index contributed by atoms with van der Waals surface area (Å²) in [5.74, 6) is -0.254. The molecule has 0 aliphatic carbocycles. The average Bonchev–Trinajstić information content (AvgIpc) is 2.80. The number of hydrogen-bond donors (Lipinski definition) is 0. The minimum Gasteiger partial charge on any atom is -0.379 e. The molecule has 0 unspecified atom stereocenters. The van der Waals surface area contributed by atoms with E-state index in [2.05, 4.69) is 10.0 Å². The predicted octanol–water partition coefficient (Wildman–Crippen LogP) is 0.495. The molecule has 1 heterocycles. The number of amides is 2. The number of hydrogen-bond acceptors (Lipinski definition) is 6. The van der Waals surface area contributed by atoms with E-state index in [0.29, 0.717) is 65.6 Å². The topological polar surface area (TPSA) is 114 Å². The summed E-state index contributed by atoms with van der Waals surface area (Å²) in [6.45, 7) is 3.00. The van der Waals surface area contributed by atoms with Crippen molar-refractivity contribution in [2.75, 3.05) is 52.7 Å². The van der Waals surface area contributed by atoms with Crippen LogP contribution in [0.25, 0.3) is 10.4 Å². The van der Waals surface area contributed by atoms with Crippen LogP contribution in [-0.4, -0.2) is 69.4 Å². The Morgan fingerprint density at radius 1 is 0.952 bits per heavy atom. The van der Waals surface area contributed by atoms with Gasteiger partial charge in [-0.2, -0.15) is 0 Å². The molecule has 0 aromatic rings. The van der Waals surface area contributed by atoms with E-state index in [9.17, 15) is 9.59 Å². The van der Waals surface area contributed by atoms with E-state index < -0.39 is 0 Å². The van der Waals surface area contributed by atoms with Crippen molar-refractivity contribution < 1.29 is 23.8 Å². The van der Waals surface area contributed by atoms with Gasteiger partial charge < -0.3 is 14.2 Å². The van der Waals surface area contributed by atoms with E-state index >= 15 is 0 Å². The van der Waals surface area contributed by atoms with Crippen LogP contribution in [0.4, 0.5) is 0 Å². The molecule has 0 radical (unpaired) electrons. The van der Waals surface area contributed by atoms with Crippen molar-refractivity contribution in [1.82, 2.24) is 4.90 Å². The molecule has 21 heavy (non-hydrogen) atoms. The van der Waals surface area contributed by atoms with Gasteiger partial charge in [0, 0.05) is 24.3 Å². The molecular formula is C12H20N4O5. The Labute approximate surface area is 122 Å². The van der Waals surface area contributed by atoms with Gasteiger partial charge in [-0.15, -0.1) is 0 Å². The van der Waals surface area contributed by atoms with Crippen molar-refractivity contribution in [2.24, 2.45) is 5.11 Å². The van der Waals surface area contributed by atoms with Crippen LogP contribution in [0.1, 0.15) is 12.8 Å². The van der Waals surface area contributed by atoms with E-state index in [4.69, 9.17) is 19.7 Å². The van der Waals surface area contributed by atoms with Crippen molar-refractivity contribution in [3.63, 3.8) is 0 Å². The highest BCUT2D eigenvalue weighted by Gasteiger charge is 2.27. The Morgan fingerprint density at radius 2 is 1.48 bits per heavy atom. The van der Waals surface area contributed by atoms with Crippen LogP contribution in [0.2, 0.25) is 0 Å². The smallest absolute Gasteiger partial charge is 0.229 e. The Hall–Kier alpha value is -1.67. The van der Waals surface area contributed by atoms with Crippen molar-refractivity contribution in [3.05, 3.63) is 10.4 Å². The first-order valence-electron chi connectivity index (χ1n) is 6.83. The largest absolute Gasteiger partial charge is 0.379 e. The standard InChI is InChI=1S/C12H20N4O5/c13-15-14-3-5-19-7-9-21-10-8-20-6-4-16-11(17)1-2-12(16)18/h1-10H2. The van der Waals surface area contributed by atoms with Gasteiger partial charge in [0.2, 0.25) is 11.8 Å². The second-order valence-corrected chi connectivity index (χ2v) is 4.23. The molecule has 0 atom stereocenters. The molecule has 0 spiro atoms. The molecule has 0 aromatic heterocycles. The van der Waals surface area contributed by atoms with E-state index in [-0.39, 0.29) is 11.8 Å². The quantitative estimate of drug-likeness (QED) is 0.171. The Bertz CT molecular complexity index is 368. The third kappa shape index (κ3) is 7.62. The van der Waals surface area contributed by atoms with Crippen LogP contribution in [0.3, 0.4) is 0 Å². The third-order valence-electron chi connectivity index (χ3n) is 2.76. The normalized spacial score (nSPS) is 14.6. The highest BCUT2D eigenvalue weighted by molar-refractivity contribution is 6.01. The number of nitrogens with zero attached hydrogens (tertiary/aromatic N) is 4. The van der Waals surface area contributed by atoms with Crippen LogP contribution >= 0.6 is 0 Å². The molecule has 1 aliphatic heterocycles. The van der Waals surface area contributed by atoms with Gasteiger partial charge in [0.1, 0.15) is 0 Å². The first-order valence-corrected chi connectivity index (χ1v) is 6.83. The molecular weight excluding hydrogens is 280 g/mol. The fourth-order valence-corrected chi connectivity index (χ4v) is 1.72. The highest BCUT2D eigenvalue weighted by Crippen LogP contribution is 2.10. The van der Waals surface area contributed by atoms with E-state index in [1.807, 2.05) is 0 Å². The summed E-state index contributed by atoms with van der Waals surface area (Å²) in [4.78, 5) is 26.4. The molecule has 1 rings (SSSR count). The second-order valence-electron chi connectivity index (χ2n) is 4.23. The lowest BCUT2D eigenvalue weighted by Gasteiger charge is -2.13. The third-order valence-corrected chi connectivity index (χ3v) is 2.76. The van der Waals surface area contributed by atoms with Gasteiger partial charge in [-0.05, 0) is 5.53 Å². The van der Waals surface area contributed by atoms with E-state index in [1.165, 1.54) is 4.90 Å². The molecule has 2 amide bonds. The molecule has 1 aliphatic rings. The highest BCUT2D eigenvalue weighted by atomic mass is 16.5. The van der Waals surface area contributed by atoms with Gasteiger partial charge in [-0.1, -0.05) is 5.11 Å². The van der Waals surface area contributed by atoms with Crippen molar-refractivity contribution in [3.8, 4) is 0 Å². The van der Waals surface area contributed by atoms with Gasteiger partial charge >= 0.3 is 0 Å². The van der Waals surface area contributed by atoms with Crippen LogP contribution in [0.15, 0.2) is 5.11 Å². The van der Waals surface area contributed by atoms with Gasteiger partial charge in [0.15, 0.2) is 0 Å². The SMILES string of the molecule is [N-]=[N+]=NCCOCCOCCOCCN1C(=O)CCC1=O. The maximum atomic E-state index is 11.3. The lowest BCUT2D eigenvalue weighted by Crippen LogP contribution is -2.32. The minimum absolute atomic E-state index is 0.127. The molecule has 0 saturated carbocycles. The summed E-state index contributed by atoms with van der Waals surface area (Å²) in [5, 5.41) is 3.33. The van der Waals surface area contributed by atoms with Crippen molar-refractivity contribution >= 4 is 11.8 Å². The Morgan fingerprint density at radius 3 is 2.05 bits per heavy atom. The van der Waals surface area contributed by atoms with E-state index in [0.717, 1.165) is 0 Å². The lowest BCUT2D eigenvalue weighted by atomic mass is 10.4. The van der Waals surface area contributed by atoms with E-state index in [1.54, 1.807) is 0 Å². The van der Waals surface area contributed by atoms with Crippen molar-refractivity contribution in [1.29, 1.82) is 0 Å². The summed E-state index contributed by atoms with van der Waals surface area (Å²) >= 11 is 0. The minimum atomic E-state index is -0.127. The Balaban J connectivity index is 1.83. The first-order chi connectivity index (χ1) is 10.3. The fraction of sp³-hybridized carbons (Fsp3) is 0.833. The molecule has 9 heteroatoms. The average molecular weight is 300 g/mol. The maximum absolute atomic E-state index is 11.3. The zero-order valence-electron chi connectivity index (χ0n) is 11.9. The van der Waals surface area contributed by atoms with Crippen LogP contribution in [0.5, 0.6) is 0 Å². The number of carbonyl (C=O) groups excluding carboxylic acids is 2. The fourth-order valence-electron chi connectivity index (χ4n) is 1.72. The summed E-state index contributed by atoms with van der Waals surface area (Å²) in [5.41, 5.74) is 8.03. The molecule has 1 fully saturated rings. The van der Waals surface area contributed by atoms with Gasteiger partial charge in [0.05, 0.1) is 46.2 Å². The Kier molecular flexibility index (Phi) is 9.14. The first kappa shape index (κ1) is 17.4. The maximum Gasteiger partial charge on any atom is 0.229 e. The monoisotopic (exact) mass is 300 g/mol. The van der Waals surface area contributed by atoms with Gasteiger partial charge in [0.25, 0.3) is 0 Å². The molecule has 118 valence electrons. The summed E-state index contributed by atoms with van der Waals surface area (Å²) in [6.07, 6.45) is 0.614. The van der Waals surface area contributed by atoms with Gasteiger partial charge in [-0.3, -0.25) is 14.5 Å². The number of imide groups is 1. The van der Waals surface area contributed by atoms with Crippen LogP contribution in [-0.2, 0) is 23.8 Å². The van der Waals surface area contributed by atoms with Crippen molar-refractivity contribution in [2.45, 2.75) is 12.8 Å². The zero-order valence-corrected chi connectivity index (χ0v) is 11.9. The predicted molar refractivity (Wildman–Crippen MR) is 72.4 cm³/mol. The zero-order chi connectivity index (χ0) is 15.3. The molecule has 9 nitrogen and oxygen atoms in total. The number of likely N-dealkylation sites (tertiary alicyclic amines) is 1. The second kappa shape index (κ2) is 11.0. The number of carbonyl (C=O) groups is 2. The number of azide groups is 1. The molecule has 0 aromatic carbocycles. The molecule has 1 saturated heterocycles. The molecule has 0 bridgehead atoms. The summed E-state index contributed by atoms with van der Waals surface area (Å²) in [6, 6.07) is 0. The lowest BCUT2D eigenvalue weighted by molar-refractivity contribution is -0.139. The molecule has 0 N–H and O–H groups in total. The summed E-state index contributed by atoms with van der Waals surface area (Å²) < 4.78 is 15.7. The number of rotatable bonds is 12. The van der Waals surface area contributed by atoms with Crippen LogP contribution in [0, 0.1) is 0 Å². The van der Waals surface area contributed by atoms with Gasteiger partial charge in [-0.25, -0.2) is 0 Å². The number of ether oxygens (including phenoxy) is 3. The summed E-state index contributed by atoms with van der Waals surface area (Å²) in [7, 11) is 0.